The summed E-state index contributed by atoms with van der Waals surface area (Å²) in [6.45, 7) is 2.77. The van der Waals surface area contributed by atoms with Gasteiger partial charge in [0.25, 0.3) is 0 Å². The second-order valence-electron chi connectivity index (χ2n) is 4.13. The van der Waals surface area contributed by atoms with Crippen LogP contribution in [0, 0.1) is 0 Å². The van der Waals surface area contributed by atoms with Crippen molar-refractivity contribution in [2.24, 2.45) is 0 Å². The third-order valence-corrected chi connectivity index (χ3v) is 2.87. The summed E-state index contributed by atoms with van der Waals surface area (Å²) in [5.41, 5.74) is 1.17. The van der Waals surface area contributed by atoms with E-state index in [9.17, 15) is 0 Å². The molecule has 1 N–H and O–H groups in total. The summed E-state index contributed by atoms with van der Waals surface area (Å²) >= 11 is 0. The molecule has 1 fully saturated rings. The lowest BCUT2D eigenvalue weighted by Gasteiger charge is -2.23. The van der Waals surface area contributed by atoms with Gasteiger partial charge >= 0.3 is 0 Å². The number of ether oxygens (including phenoxy) is 2. The van der Waals surface area contributed by atoms with Gasteiger partial charge in [0.05, 0.1) is 19.8 Å². The van der Waals surface area contributed by atoms with Crippen molar-refractivity contribution < 1.29 is 9.47 Å². The maximum atomic E-state index is 5.85. The number of hydrogen-bond acceptors (Lipinski definition) is 3. The predicted octanol–water partition coefficient (Wildman–Crippen LogP) is 1.96. The first-order valence-corrected chi connectivity index (χ1v) is 5.84. The molecular weight excluding hydrogens is 202 g/mol. The van der Waals surface area contributed by atoms with Crippen LogP contribution in [0.4, 0.5) is 0 Å². The number of nitrogens with one attached hydrogen (secondary N) is 1. The van der Waals surface area contributed by atoms with Gasteiger partial charge in [-0.05, 0) is 37.1 Å². The summed E-state index contributed by atoms with van der Waals surface area (Å²) in [6, 6.07) is 8.04. The molecule has 0 bridgehead atoms. The Kier molecular flexibility index (Phi) is 4.19. The minimum atomic E-state index is 0.361. The molecule has 1 atom stereocenters. The summed E-state index contributed by atoms with van der Waals surface area (Å²) in [7, 11) is 1.69. The zero-order valence-corrected chi connectivity index (χ0v) is 9.74. The maximum absolute atomic E-state index is 5.85. The minimum Gasteiger partial charge on any atom is -0.497 e. The molecule has 1 aliphatic heterocycles. The van der Waals surface area contributed by atoms with E-state index in [1.54, 1.807) is 7.11 Å². The highest BCUT2D eigenvalue weighted by Gasteiger charge is 2.12. The van der Waals surface area contributed by atoms with Gasteiger partial charge in [0.15, 0.2) is 0 Å². The fraction of sp³-hybridized carbons (Fsp3) is 0.538. The first-order valence-electron chi connectivity index (χ1n) is 5.84. The highest BCUT2D eigenvalue weighted by molar-refractivity contribution is 5.27. The van der Waals surface area contributed by atoms with Gasteiger partial charge in [-0.2, -0.15) is 0 Å². The zero-order chi connectivity index (χ0) is 11.2. The molecule has 2 rings (SSSR count). The second kappa shape index (κ2) is 5.87. The summed E-state index contributed by atoms with van der Waals surface area (Å²) in [4.78, 5) is 0. The molecule has 0 amide bonds. The average molecular weight is 221 g/mol. The summed E-state index contributed by atoms with van der Waals surface area (Å²) < 4.78 is 11.0. The summed E-state index contributed by atoms with van der Waals surface area (Å²) in [5.74, 6) is 0.892. The number of piperidine rings is 1. The van der Waals surface area contributed by atoms with Gasteiger partial charge in [-0.25, -0.2) is 0 Å². The Balaban J connectivity index is 1.83. The van der Waals surface area contributed by atoms with E-state index >= 15 is 0 Å². The van der Waals surface area contributed by atoms with Crippen molar-refractivity contribution in [1.82, 2.24) is 5.32 Å². The van der Waals surface area contributed by atoms with E-state index in [4.69, 9.17) is 9.47 Å². The SMILES string of the molecule is COc1cccc(CO[C@H]2CCCNC2)c1. The molecule has 88 valence electrons. The van der Waals surface area contributed by atoms with Crippen molar-refractivity contribution >= 4 is 0 Å². The maximum Gasteiger partial charge on any atom is 0.119 e. The van der Waals surface area contributed by atoms with Gasteiger partial charge in [0.1, 0.15) is 5.75 Å². The minimum absolute atomic E-state index is 0.361. The van der Waals surface area contributed by atoms with Crippen molar-refractivity contribution in [3.05, 3.63) is 29.8 Å². The van der Waals surface area contributed by atoms with Gasteiger partial charge in [-0.1, -0.05) is 12.1 Å². The van der Waals surface area contributed by atoms with E-state index in [-0.39, 0.29) is 0 Å². The smallest absolute Gasteiger partial charge is 0.119 e. The van der Waals surface area contributed by atoms with E-state index in [1.807, 2.05) is 18.2 Å². The van der Waals surface area contributed by atoms with Crippen LogP contribution in [0.3, 0.4) is 0 Å². The van der Waals surface area contributed by atoms with Crippen LogP contribution in [0.5, 0.6) is 5.75 Å². The number of hydrogen-bond donors (Lipinski definition) is 1. The van der Waals surface area contributed by atoms with E-state index < -0.39 is 0 Å². The summed E-state index contributed by atoms with van der Waals surface area (Å²) in [6.07, 6.45) is 2.74. The monoisotopic (exact) mass is 221 g/mol. The van der Waals surface area contributed by atoms with E-state index in [0.717, 1.165) is 25.3 Å². The lowest BCUT2D eigenvalue weighted by molar-refractivity contribution is 0.0252. The Bertz CT molecular complexity index is 321. The van der Waals surface area contributed by atoms with Crippen LogP contribution < -0.4 is 10.1 Å². The number of benzene rings is 1. The van der Waals surface area contributed by atoms with E-state index in [2.05, 4.69) is 11.4 Å². The van der Waals surface area contributed by atoms with Gasteiger partial charge < -0.3 is 14.8 Å². The van der Waals surface area contributed by atoms with Crippen molar-refractivity contribution in [2.75, 3.05) is 20.2 Å². The molecule has 3 nitrogen and oxygen atoms in total. The van der Waals surface area contributed by atoms with Crippen LogP contribution in [-0.2, 0) is 11.3 Å². The standard InChI is InChI=1S/C13H19NO2/c1-15-12-5-2-4-11(8-12)10-16-13-6-3-7-14-9-13/h2,4-5,8,13-14H,3,6-7,9-10H2,1H3/t13-/m0/s1. The van der Waals surface area contributed by atoms with Crippen molar-refractivity contribution in [2.45, 2.75) is 25.6 Å². The van der Waals surface area contributed by atoms with Crippen molar-refractivity contribution in [3.8, 4) is 5.75 Å². The fourth-order valence-corrected chi connectivity index (χ4v) is 1.94. The molecule has 1 saturated heterocycles. The Morgan fingerprint density at radius 3 is 3.12 bits per heavy atom. The van der Waals surface area contributed by atoms with Crippen LogP contribution in [0.15, 0.2) is 24.3 Å². The molecule has 0 unspecified atom stereocenters. The Morgan fingerprint density at radius 1 is 1.44 bits per heavy atom. The molecule has 1 heterocycles. The fourth-order valence-electron chi connectivity index (χ4n) is 1.94. The van der Waals surface area contributed by atoms with Crippen LogP contribution in [0.2, 0.25) is 0 Å². The molecule has 1 aromatic carbocycles. The molecule has 3 heteroatoms. The van der Waals surface area contributed by atoms with E-state index in [0.29, 0.717) is 12.7 Å². The molecule has 0 aliphatic carbocycles. The third-order valence-electron chi connectivity index (χ3n) is 2.87. The highest BCUT2D eigenvalue weighted by atomic mass is 16.5. The molecule has 0 saturated carbocycles. The number of rotatable bonds is 4. The van der Waals surface area contributed by atoms with Gasteiger partial charge in [-0.15, -0.1) is 0 Å². The van der Waals surface area contributed by atoms with E-state index in [1.165, 1.54) is 12.0 Å². The molecule has 16 heavy (non-hydrogen) atoms. The van der Waals surface area contributed by atoms with Crippen LogP contribution in [-0.4, -0.2) is 26.3 Å². The quantitative estimate of drug-likeness (QED) is 0.843. The molecule has 1 aliphatic rings. The van der Waals surface area contributed by atoms with Crippen LogP contribution in [0.25, 0.3) is 0 Å². The molecule has 0 radical (unpaired) electrons. The Hall–Kier alpha value is -1.06. The van der Waals surface area contributed by atoms with Crippen LogP contribution in [0.1, 0.15) is 18.4 Å². The first-order chi connectivity index (χ1) is 7.88. The molecular formula is C13H19NO2. The third kappa shape index (κ3) is 3.22. The lowest BCUT2D eigenvalue weighted by atomic mass is 10.1. The Labute approximate surface area is 96.8 Å². The topological polar surface area (TPSA) is 30.5 Å². The molecule has 0 aromatic heterocycles. The first kappa shape index (κ1) is 11.4. The normalized spacial score (nSPS) is 20.7. The van der Waals surface area contributed by atoms with Gasteiger partial charge in [-0.3, -0.25) is 0 Å². The highest BCUT2D eigenvalue weighted by Crippen LogP contribution is 2.15. The molecule has 1 aromatic rings. The predicted molar refractivity (Wildman–Crippen MR) is 63.7 cm³/mol. The average Bonchev–Trinajstić information content (AvgIpc) is 2.38. The second-order valence-corrected chi connectivity index (χ2v) is 4.13. The van der Waals surface area contributed by atoms with Gasteiger partial charge in [0, 0.05) is 6.54 Å². The zero-order valence-electron chi connectivity index (χ0n) is 9.74. The largest absolute Gasteiger partial charge is 0.497 e. The van der Waals surface area contributed by atoms with Crippen LogP contribution >= 0.6 is 0 Å². The molecule has 0 spiro atoms. The Morgan fingerprint density at radius 2 is 2.38 bits per heavy atom. The van der Waals surface area contributed by atoms with Crippen molar-refractivity contribution in [3.63, 3.8) is 0 Å². The number of methoxy groups -OCH3 is 1. The summed E-state index contributed by atoms with van der Waals surface area (Å²) in [5, 5.41) is 3.34. The van der Waals surface area contributed by atoms with Crippen molar-refractivity contribution in [1.29, 1.82) is 0 Å². The van der Waals surface area contributed by atoms with Gasteiger partial charge in [0.2, 0.25) is 0 Å². The lowest BCUT2D eigenvalue weighted by Crippen LogP contribution is -2.35.